The van der Waals surface area contributed by atoms with Crippen LogP contribution in [0.3, 0.4) is 0 Å². The molecule has 1 saturated carbocycles. The van der Waals surface area contributed by atoms with Crippen molar-refractivity contribution in [2.45, 2.75) is 25.3 Å². The highest BCUT2D eigenvalue weighted by Crippen LogP contribution is 2.40. The van der Waals surface area contributed by atoms with Crippen LogP contribution >= 0.6 is 15.9 Å². The molecule has 4 rings (SSSR count). The molecule has 106 valence electrons. The van der Waals surface area contributed by atoms with Gasteiger partial charge in [-0.1, -0.05) is 6.07 Å². The quantitative estimate of drug-likeness (QED) is 0.788. The Morgan fingerprint density at radius 1 is 1.33 bits per heavy atom. The second kappa shape index (κ2) is 5.11. The van der Waals surface area contributed by atoms with Crippen LogP contribution in [0.1, 0.15) is 30.0 Å². The average molecular weight is 344 g/mol. The van der Waals surface area contributed by atoms with E-state index < -0.39 is 0 Å². The van der Waals surface area contributed by atoms with Crippen LogP contribution in [0.5, 0.6) is 0 Å². The van der Waals surface area contributed by atoms with Crippen LogP contribution in [0.4, 0.5) is 5.82 Å². The lowest BCUT2D eigenvalue weighted by Crippen LogP contribution is -2.07. The number of aromatic nitrogens is 4. The van der Waals surface area contributed by atoms with Crippen molar-refractivity contribution in [2.24, 2.45) is 0 Å². The van der Waals surface area contributed by atoms with E-state index in [4.69, 9.17) is 4.98 Å². The Morgan fingerprint density at radius 3 is 3.00 bits per heavy atom. The number of nitrogens with one attached hydrogen (secondary N) is 1. The summed E-state index contributed by atoms with van der Waals surface area (Å²) in [6.07, 6.45) is 7.90. The zero-order chi connectivity index (χ0) is 14.2. The molecule has 1 N–H and O–H groups in total. The van der Waals surface area contributed by atoms with Gasteiger partial charge in [0.15, 0.2) is 5.65 Å². The van der Waals surface area contributed by atoms with Gasteiger partial charge in [0.05, 0.1) is 10.7 Å². The molecule has 0 bridgehead atoms. The molecule has 3 aromatic heterocycles. The molecule has 0 spiro atoms. The highest BCUT2D eigenvalue weighted by atomic mass is 79.9. The second-order valence-corrected chi connectivity index (χ2v) is 6.14. The monoisotopic (exact) mass is 343 g/mol. The number of fused-ring (bicyclic) bond motifs is 1. The molecule has 0 aliphatic heterocycles. The van der Waals surface area contributed by atoms with Gasteiger partial charge in [-0.15, -0.1) is 0 Å². The normalized spacial score (nSPS) is 14.5. The van der Waals surface area contributed by atoms with Crippen molar-refractivity contribution in [2.75, 3.05) is 5.32 Å². The van der Waals surface area contributed by atoms with Crippen LogP contribution < -0.4 is 5.32 Å². The molecule has 3 heterocycles. The molecule has 1 aliphatic rings. The predicted octanol–water partition coefficient (Wildman–Crippen LogP) is 3.38. The molecule has 6 heteroatoms. The summed E-state index contributed by atoms with van der Waals surface area (Å²) < 4.78 is 2.77. The first-order valence-electron chi connectivity index (χ1n) is 6.98. The molecular formula is C15H14BrN5. The van der Waals surface area contributed by atoms with E-state index in [0.29, 0.717) is 12.5 Å². The van der Waals surface area contributed by atoms with E-state index >= 15 is 0 Å². The smallest absolute Gasteiger partial charge is 0.171 e. The molecule has 0 unspecified atom stereocenters. The third-order valence-corrected chi connectivity index (χ3v) is 4.20. The SMILES string of the molecule is Brc1cnn2c(NCc3cccnc3)cc(C3CC3)nc12. The van der Waals surface area contributed by atoms with E-state index in [9.17, 15) is 0 Å². The Bertz CT molecular complexity index is 779. The summed E-state index contributed by atoms with van der Waals surface area (Å²) in [4.78, 5) is 8.85. The van der Waals surface area contributed by atoms with Crippen LogP contribution in [0.15, 0.2) is 41.3 Å². The van der Waals surface area contributed by atoms with Crippen molar-refractivity contribution < 1.29 is 0 Å². The van der Waals surface area contributed by atoms with Crippen molar-refractivity contribution in [3.63, 3.8) is 0 Å². The zero-order valence-corrected chi connectivity index (χ0v) is 12.9. The largest absolute Gasteiger partial charge is 0.366 e. The van der Waals surface area contributed by atoms with Gasteiger partial charge in [0.2, 0.25) is 0 Å². The number of anilines is 1. The maximum absolute atomic E-state index is 4.71. The molecule has 3 aromatic rings. The third-order valence-electron chi connectivity index (χ3n) is 3.64. The maximum atomic E-state index is 4.71. The number of hydrogen-bond acceptors (Lipinski definition) is 4. The van der Waals surface area contributed by atoms with Crippen molar-refractivity contribution in [1.29, 1.82) is 0 Å². The Morgan fingerprint density at radius 2 is 2.24 bits per heavy atom. The van der Waals surface area contributed by atoms with Gasteiger partial charge in [0.25, 0.3) is 0 Å². The van der Waals surface area contributed by atoms with Gasteiger partial charge < -0.3 is 5.32 Å². The van der Waals surface area contributed by atoms with Crippen molar-refractivity contribution in [3.8, 4) is 0 Å². The van der Waals surface area contributed by atoms with E-state index in [1.54, 1.807) is 12.4 Å². The topological polar surface area (TPSA) is 55.1 Å². The standard InChI is InChI=1S/C15H14BrN5/c16-12-9-19-21-14(18-8-10-2-1-5-17-7-10)6-13(11-3-4-11)20-15(12)21/h1-2,5-7,9,11,18H,3-4,8H2. The first-order chi connectivity index (χ1) is 10.3. The molecule has 0 amide bonds. The lowest BCUT2D eigenvalue weighted by molar-refractivity contribution is 0.898. The minimum absolute atomic E-state index is 0.607. The number of nitrogens with zero attached hydrogens (tertiary/aromatic N) is 4. The van der Waals surface area contributed by atoms with Gasteiger partial charge >= 0.3 is 0 Å². The number of rotatable bonds is 4. The molecule has 0 atom stereocenters. The first-order valence-corrected chi connectivity index (χ1v) is 7.77. The molecule has 0 saturated heterocycles. The van der Waals surface area contributed by atoms with Crippen LogP contribution in [-0.2, 0) is 6.54 Å². The highest BCUT2D eigenvalue weighted by molar-refractivity contribution is 9.10. The van der Waals surface area contributed by atoms with Crippen LogP contribution in [0.25, 0.3) is 5.65 Å². The van der Waals surface area contributed by atoms with E-state index in [0.717, 1.165) is 27.2 Å². The minimum atomic E-state index is 0.607. The fourth-order valence-electron chi connectivity index (χ4n) is 2.36. The third kappa shape index (κ3) is 2.51. The van der Waals surface area contributed by atoms with Gasteiger partial charge in [-0.2, -0.15) is 9.61 Å². The average Bonchev–Trinajstić information content (AvgIpc) is 3.31. The van der Waals surface area contributed by atoms with Crippen LogP contribution in [0, 0.1) is 0 Å². The molecule has 0 radical (unpaired) electrons. The van der Waals surface area contributed by atoms with Gasteiger partial charge in [0.1, 0.15) is 5.82 Å². The van der Waals surface area contributed by atoms with Crippen molar-refractivity contribution >= 4 is 27.4 Å². The van der Waals surface area contributed by atoms with Gasteiger partial charge in [-0.25, -0.2) is 4.98 Å². The number of pyridine rings is 1. The minimum Gasteiger partial charge on any atom is -0.366 e. The lowest BCUT2D eigenvalue weighted by atomic mass is 10.2. The molecule has 1 aliphatic carbocycles. The number of hydrogen-bond donors (Lipinski definition) is 1. The Balaban J connectivity index is 1.69. The fourth-order valence-corrected chi connectivity index (χ4v) is 2.71. The van der Waals surface area contributed by atoms with E-state index in [2.05, 4.69) is 43.5 Å². The summed E-state index contributed by atoms with van der Waals surface area (Å²) in [6, 6.07) is 6.11. The number of halogens is 1. The predicted molar refractivity (Wildman–Crippen MR) is 84.2 cm³/mol. The summed E-state index contributed by atoms with van der Waals surface area (Å²) in [5, 5.41) is 7.82. The summed E-state index contributed by atoms with van der Waals surface area (Å²) >= 11 is 3.52. The second-order valence-electron chi connectivity index (χ2n) is 5.28. The molecule has 0 aromatic carbocycles. The van der Waals surface area contributed by atoms with Gasteiger partial charge in [-0.3, -0.25) is 4.98 Å². The zero-order valence-electron chi connectivity index (χ0n) is 11.3. The molecule has 5 nitrogen and oxygen atoms in total. The van der Waals surface area contributed by atoms with Crippen LogP contribution in [-0.4, -0.2) is 19.6 Å². The Kier molecular flexibility index (Phi) is 3.11. The van der Waals surface area contributed by atoms with E-state index in [1.165, 1.54) is 12.8 Å². The summed E-state index contributed by atoms with van der Waals surface area (Å²) in [6.45, 7) is 0.717. The van der Waals surface area contributed by atoms with Crippen LogP contribution in [0.2, 0.25) is 0 Å². The Hall–Kier alpha value is -1.95. The molecular weight excluding hydrogens is 330 g/mol. The first kappa shape index (κ1) is 12.8. The summed E-state index contributed by atoms with van der Waals surface area (Å²) in [5.74, 6) is 1.58. The molecule has 1 fully saturated rings. The van der Waals surface area contributed by atoms with Crippen molar-refractivity contribution in [3.05, 3.63) is 52.5 Å². The summed E-state index contributed by atoms with van der Waals surface area (Å²) in [7, 11) is 0. The fraction of sp³-hybridized carbons (Fsp3) is 0.267. The summed E-state index contributed by atoms with van der Waals surface area (Å²) in [5.41, 5.74) is 3.16. The van der Waals surface area contributed by atoms with Gasteiger partial charge in [-0.05, 0) is 40.4 Å². The van der Waals surface area contributed by atoms with Crippen molar-refractivity contribution in [1.82, 2.24) is 19.6 Å². The lowest BCUT2D eigenvalue weighted by Gasteiger charge is -2.10. The maximum Gasteiger partial charge on any atom is 0.171 e. The van der Waals surface area contributed by atoms with E-state index in [-0.39, 0.29) is 0 Å². The van der Waals surface area contributed by atoms with Gasteiger partial charge in [0, 0.05) is 36.6 Å². The highest BCUT2D eigenvalue weighted by Gasteiger charge is 2.26. The van der Waals surface area contributed by atoms with E-state index in [1.807, 2.05) is 16.8 Å². The Labute approximate surface area is 130 Å². The molecule has 21 heavy (non-hydrogen) atoms.